The first-order valence-corrected chi connectivity index (χ1v) is 16.2. The largest absolute Gasteiger partial charge is 0.345 e. The summed E-state index contributed by atoms with van der Waals surface area (Å²) in [5, 5.41) is 1.55. The van der Waals surface area contributed by atoms with Crippen LogP contribution in [0, 0.1) is 5.92 Å². The molecule has 1 fully saturated rings. The fraction of sp³-hybridized carbons (Fsp3) is 0.382. The van der Waals surface area contributed by atoms with E-state index in [1.165, 1.54) is 16.3 Å². The Kier molecular flexibility index (Phi) is 9.25. The molecule has 4 aromatic rings. The zero-order chi connectivity index (χ0) is 28.8. The minimum absolute atomic E-state index is 0.0683. The molecule has 1 aliphatic carbocycles. The third-order valence-corrected chi connectivity index (χ3v) is 9.91. The van der Waals surface area contributed by atoms with Gasteiger partial charge in [-0.2, -0.15) is 4.31 Å². The van der Waals surface area contributed by atoms with E-state index in [1.54, 1.807) is 12.1 Å². The molecule has 0 N–H and O–H groups in total. The molecule has 0 aliphatic heterocycles. The van der Waals surface area contributed by atoms with Crippen molar-refractivity contribution in [1.29, 1.82) is 0 Å². The quantitative estimate of drug-likeness (QED) is 0.201. The van der Waals surface area contributed by atoms with Crippen LogP contribution in [-0.4, -0.2) is 47.2 Å². The van der Waals surface area contributed by atoms with Crippen LogP contribution < -0.4 is 0 Å². The molecule has 0 atom stereocenters. The van der Waals surface area contributed by atoms with Crippen LogP contribution in [0.4, 0.5) is 0 Å². The molecule has 6 nitrogen and oxygen atoms in total. The summed E-state index contributed by atoms with van der Waals surface area (Å²) >= 11 is 0. The monoisotopic (exact) mass is 571 g/mol. The first-order chi connectivity index (χ1) is 19.8. The molecule has 0 spiro atoms. The Labute approximate surface area is 244 Å². The standard InChI is InChI=1S/C34H41N3O3S/c1-27(2)23-36(41(39,40)33-21-11-16-29-15-9-10-20-32(29)33)26-34(38)37(30-17-7-4-8-18-30)25-31-19-12-22-35(31)24-28-13-5-3-6-14-28/h3,5-6,9-16,19-22,27,30H,4,7-8,17-18,23-26H2,1-2H3. The van der Waals surface area contributed by atoms with E-state index >= 15 is 0 Å². The highest BCUT2D eigenvalue weighted by molar-refractivity contribution is 7.89. The average Bonchev–Trinajstić information content (AvgIpc) is 3.42. The summed E-state index contributed by atoms with van der Waals surface area (Å²) < 4.78 is 31.9. The molecule has 0 bridgehead atoms. The normalized spacial score (nSPS) is 14.6. The zero-order valence-electron chi connectivity index (χ0n) is 24.2. The lowest BCUT2D eigenvalue weighted by atomic mass is 9.94. The molecule has 216 valence electrons. The number of amides is 1. The van der Waals surface area contributed by atoms with Crippen molar-refractivity contribution in [3.8, 4) is 0 Å². The number of benzene rings is 3. The lowest BCUT2D eigenvalue weighted by Gasteiger charge is -2.36. The van der Waals surface area contributed by atoms with E-state index in [4.69, 9.17) is 0 Å². The Hall–Kier alpha value is -3.42. The number of hydrogen-bond acceptors (Lipinski definition) is 3. The minimum Gasteiger partial charge on any atom is -0.345 e. The van der Waals surface area contributed by atoms with Gasteiger partial charge in [0.05, 0.1) is 18.0 Å². The van der Waals surface area contributed by atoms with Crippen LogP contribution in [0.25, 0.3) is 10.8 Å². The number of rotatable bonds is 11. The maximum absolute atomic E-state index is 14.2. The van der Waals surface area contributed by atoms with Crippen molar-refractivity contribution in [1.82, 2.24) is 13.8 Å². The van der Waals surface area contributed by atoms with Crippen LogP contribution in [0.15, 0.2) is 96.0 Å². The second kappa shape index (κ2) is 13.0. The van der Waals surface area contributed by atoms with Gasteiger partial charge in [0.1, 0.15) is 0 Å². The molecule has 1 saturated carbocycles. The van der Waals surface area contributed by atoms with Gasteiger partial charge in [-0.1, -0.05) is 99.8 Å². The Balaban J connectivity index is 1.44. The number of sulfonamides is 1. The van der Waals surface area contributed by atoms with Crippen LogP contribution >= 0.6 is 0 Å². The van der Waals surface area contributed by atoms with Crippen LogP contribution in [0.5, 0.6) is 0 Å². The lowest BCUT2D eigenvalue weighted by Crippen LogP contribution is -2.48. The highest BCUT2D eigenvalue weighted by Gasteiger charge is 2.33. The summed E-state index contributed by atoms with van der Waals surface area (Å²) in [6, 6.07) is 27.4. The summed E-state index contributed by atoms with van der Waals surface area (Å²) in [7, 11) is -3.91. The average molecular weight is 572 g/mol. The number of aromatic nitrogens is 1. The van der Waals surface area contributed by atoms with Crippen LogP contribution in [0.3, 0.4) is 0 Å². The summed E-state index contributed by atoms with van der Waals surface area (Å²) in [6.45, 7) is 5.29. The fourth-order valence-corrected chi connectivity index (χ4v) is 7.74. The minimum atomic E-state index is -3.91. The highest BCUT2D eigenvalue weighted by Crippen LogP contribution is 2.28. The van der Waals surface area contributed by atoms with E-state index in [-0.39, 0.29) is 35.9 Å². The highest BCUT2D eigenvalue weighted by atomic mass is 32.2. The Morgan fingerprint density at radius 1 is 0.878 bits per heavy atom. The number of nitrogens with zero attached hydrogens (tertiary/aromatic N) is 3. The van der Waals surface area contributed by atoms with E-state index in [2.05, 4.69) is 29.0 Å². The van der Waals surface area contributed by atoms with Gasteiger partial charge < -0.3 is 9.47 Å². The second-order valence-corrected chi connectivity index (χ2v) is 13.5. The van der Waals surface area contributed by atoms with Crippen molar-refractivity contribution in [2.75, 3.05) is 13.1 Å². The summed E-state index contributed by atoms with van der Waals surface area (Å²) in [6.07, 6.45) is 7.31. The van der Waals surface area contributed by atoms with Crippen molar-refractivity contribution in [2.24, 2.45) is 5.92 Å². The smallest absolute Gasteiger partial charge is 0.244 e. The van der Waals surface area contributed by atoms with Gasteiger partial charge in [-0.15, -0.1) is 0 Å². The van der Waals surface area contributed by atoms with Gasteiger partial charge in [0.2, 0.25) is 15.9 Å². The van der Waals surface area contributed by atoms with E-state index in [9.17, 15) is 13.2 Å². The van der Waals surface area contributed by atoms with Gasteiger partial charge in [0, 0.05) is 36.4 Å². The first-order valence-electron chi connectivity index (χ1n) is 14.8. The molecule has 0 radical (unpaired) electrons. The maximum atomic E-state index is 14.2. The Bertz CT molecular complexity index is 1550. The van der Waals surface area contributed by atoms with E-state index in [0.29, 0.717) is 11.9 Å². The van der Waals surface area contributed by atoms with E-state index in [1.807, 2.05) is 73.3 Å². The van der Waals surface area contributed by atoms with Gasteiger partial charge >= 0.3 is 0 Å². The summed E-state index contributed by atoms with van der Waals surface area (Å²) in [4.78, 5) is 16.4. The van der Waals surface area contributed by atoms with Crippen LogP contribution in [-0.2, 0) is 27.9 Å². The molecule has 41 heavy (non-hydrogen) atoms. The molecule has 1 heterocycles. The molecule has 3 aromatic carbocycles. The van der Waals surface area contributed by atoms with Crippen LogP contribution in [0.2, 0.25) is 0 Å². The number of carbonyl (C=O) groups is 1. The Morgan fingerprint density at radius 3 is 2.34 bits per heavy atom. The van der Waals surface area contributed by atoms with E-state index in [0.717, 1.165) is 43.3 Å². The van der Waals surface area contributed by atoms with Crippen molar-refractivity contribution >= 4 is 26.7 Å². The third-order valence-electron chi connectivity index (χ3n) is 8.04. The molecule has 1 aromatic heterocycles. The van der Waals surface area contributed by atoms with Crippen molar-refractivity contribution in [2.45, 2.75) is 70.0 Å². The fourth-order valence-electron chi connectivity index (χ4n) is 5.97. The molecular weight excluding hydrogens is 530 g/mol. The summed E-state index contributed by atoms with van der Waals surface area (Å²) in [5.41, 5.74) is 2.25. The van der Waals surface area contributed by atoms with Crippen molar-refractivity contribution in [3.05, 3.63) is 102 Å². The number of fused-ring (bicyclic) bond motifs is 1. The SMILES string of the molecule is CC(C)CN(CC(=O)N(Cc1cccn1Cc1ccccc1)C1CCCCC1)S(=O)(=O)c1cccc2ccccc12. The second-order valence-electron chi connectivity index (χ2n) is 11.6. The molecule has 5 rings (SSSR count). The zero-order valence-corrected chi connectivity index (χ0v) is 25.0. The van der Waals surface area contributed by atoms with Crippen molar-refractivity contribution < 1.29 is 13.2 Å². The van der Waals surface area contributed by atoms with Gasteiger partial charge in [0.25, 0.3) is 0 Å². The molecule has 0 saturated heterocycles. The van der Waals surface area contributed by atoms with Gasteiger partial charge in [-0.05, 0) is 47.9 Å². The van der Waals surface area contributed by atoms with Gasteiger partial charge in [-0.25, -0.2) is 8.42 Å². The molecule has 1 amide bonds. The number of carbonyl (C=O) groups excluding carboxylic acids is 1. The predicted octanol–water partition coefficient (Wildman–Crippen LogP) is 6.70. The topological polar surface area (TPSA) is 62.6 Å². The van der Waals surface area contributed by atoms with Gasteiger partial charge in [-0.3, -0.25) is 4.79 Å². The molecule has 1 aliphatic rings. The number of hydrogen-bond donors (Lipinski definition) is 0. The van der Waals surface area contributed by atoms with Gasteiger partial charge in [0.15, 0.2) is 0 Å². The van der Waals surface area contributed by atoms with E-state index < -0.39 is 10.0 Å². The molecular formula is C34H41N3O3S. The predicted molar refractivity (Wildman–Crippen MR) is 165 cm³/mol. The van der Waals surface area contributed by atoms with Crippen molar-refractivity contribution in [3.63, 3.8) is 0 Å². The third kappa shape index (κ3) is 6.91. The lowest BCUT2D eigenvalue weighted by molar-refractivity contribution is -0.135. The first kappa shape index (κ1) is 29.1. The maximum Gasteiger partial charge on any atom is 0.244 e. The van der Waals surface area contributed by atoms with Crippen LogP contribution in [0.1, 0.15) is 57.2 Å². The molecule has 7 heteroatoms. The molecule has 0 unspecified atom stereocenters. The summed E-state index contributed by atoms with van der Waals surface area (Å²) in [5.74, 6) is -0.0624. The Morgan fingerprint density at radius 2 is 1.59 bits per heavy atom.